The number of thiocarbonyl (C=S) groups is 1. The molecular weight excluding hydrogens is 192 g/mol. The van der Waals surface area contributed by atoms with Crippen LogP contribution in [0.25, 0.3) is 0 Å². The molecule has 0 aliphatic rings. The first kappa shape index (κ1) is 13.7. The molecule has 0 saturated carbocycles. The van der Waals surface area contributed by atoms with Crippen molar-refractivity contribution in [1.82, 2.24) is 10.2 Å². The molecular formula is C11H24N2S. The molecule has 0 aromatic heterocycles. The van der Waals surface area contributed by atoms with E-state index in [0.29, 0.717) is 12.1 Å². The van der Waals surface area contributed by atoms with E-state index in [1.165, 1.54) is 0 Å². The van der Waals surface area contributed by atoms with Gasteiger partial charge >= 0.3 is 0 Å². The van der Waals surface area contributed by atoms with E-state index in [1.54, 1.807) is 0 Å². The van der Waals surface area contributed by atoms with Gasteiger partial charge in [0.25, 0.3) is 0 Å². The maximum absolute atomic E-state index is 5.39. The predicted octanol–water partition coefficient (Wildman–Crippen LogP) is 2.78. The molecule has 0 amide bonds. The molecule has 84 valence electrons. The molecule has 0 aliphatic heterocycles. The molecule has 0 aromatic carbocycles. The Morgan fingerprint density at radius 2 is 1.43 bits per heavy atom. The summed E-state index contributed by atoms with van der Waals surface area (Å²) in [6.07, 6.45) is 0. The Balaban J connectivity index is 4.47. The van der Waals surface area contributed by atoms with Gasteiger partial charge in [-0.25, -0.2) is 0 Å². The van der Waals surface area contributed by atoms with E-state index in [-0.39, 0.29) is 5.54 Å². The van der Waals surface area contributed by atoms with Crippen molar-refractivity contribution in [3.8, 4) is 0 Å². The molecule has 1 N–H and O–H groups in total. The first-order valence-corrected chi connectivity index (χ1v) is 5.66. The van der Waals surface area contributed by atoms with Crippen molar-refractivity contribution in [1.29, 1.82) is 0 Å². The molecule has 0 aliphatic carbocycles. The van der Waals surface area contributed by atoms with Gasteiger partial charge in [-0.1, -0.05) is 0 Å². The number of nitrogens with one attached hydrogen (secondary N) is 1. The summed E-state index contributed by atoms with van der Waals surface area (Å²) in [7, 11) is 0. The van der Waals surface area contributed by atoms with E-state index in [4.69, 9.17) is 12.2 Å². The highest BCUT2D eigenvalue weighted by atomic mass is 32.1. The normalized spacial score (nSPS) is 12.1. The van der Waals surface area contributed by atoms with Gasteiger partial charge in [0.2, 0.25) is 0 Å². The molecule has 3 heteroatoms. The van der Waals surface area contributed by atoms with Crippen LogP contribution in [0.4, 0.5) is 0 Å². The zero-order chi connectivity index (χ0) is 11.5. The Kier molecular flexibility index (Phi) is 4.85. The van der Waals surface area contributed by atoms with E-state index in [2.05, 4.69) is 58.7 Å². The quantitative estimate of drug-likeness (QED) is 0.715. The van der Waals surface area contributed by atoms with Crippen LogP contribution in [0.3, 0.4) is 0 Å². The second kappa shape index (κ2) is 4.96. The Morgan fingerprint density at radius 3 is 1.64 bits per heavy atom. The topological polar surface area (TPSA) is 15.3 Å². The van der Waals surface area contributed by atoms with Gasteiger partial charge in [0, 0.05) is 17.6 Å². The first-order valence-electron chi connectivity index (χ1n) is 5.25. The van der Waals surface area contributed by atoms with Crippen LogP contribution < -0.4 is 5.32 Å². The highest BCUT2D eigenvalue weighted by molar-refractivity contribution is 7.80. The lowest BCUT2D eigenvalue weighted by Gasteiger charge is -2.36. The summed E-state index contributed by atoms with van der Waals surface area (Å²) in [5.41, 5.74) is 0.0408. The summed E-state index contributed by atoms with van der Waals surface area (Å²) in [5, 5.41) is 4.19. The number of hydrogen-bond acceptors (Lipinski definition) is 1. The van der Waals surface area contributed by atoms with Gasteiger partial charge in [-0.05, 0) is 60.7 Å². The Morgan fingerprint density at radius 1 is 1.07 bits per heavy atom. The number of hydrogen-bond donors (Lipinski definition) is 1. The number of rotatable bonds is 2. The maximum atomic E-state index is 5.39. The Bertz CT molecular complexity index is 184. The second-order valence-electron chi connectivity index (χ2n) is 5.27. The zero-order valence-corrected chi connectivity index (χ0v) is 11.3. The minimum atomic E-state index is 0.0408. The van der Waals surface area contributed by atoms with E-state index in [9.17, 15) is 0 Å². The summed E-state index contributed by atoms with van der Waals surface area (Å²) >= 11 is 5.39. The van der Waals surface area contributed by atoms with Crippen molar-refractivity contribution in [2.45, 2.75) is 66.1 Å². The van der Waals surface area contributed by atoms with Gasteiger partial charge in [0.05, 0.1) is 0 Å². The largest absolute Gasteiger partial charge is 0.358 e. The molecule has 0 spiro atoms. The third kappa shape index (κ3) is 4.80. The van der Waals surface area contributed by atoms with Crippen LogP contribution in [0.1, 0.15) is 48.5 Å². The summed E-state index contributed by atoms with van der Waals surface area (Å²) in [6.45, 7) is 15.0. The van der Waals surface area contributed by atoms with E-state index >= 15 is 0 Å². The minimum absolute atomic E-state index is 0.0408. The van der Waals surface area contributed by atoms with Gasteiger partial charge in [-0.15, -0.1) is 0 Å². The van der Waals surface area contributed by atoms with E-state index < -0.39 is 0 Å². The molecule has 0 bridgehead atoms. The average Bonchev–Trinajstić information content (AvgIpc) is 1.78. The summed E-state index contributed by atoms with van der Waals surface area (Å²) in [6, 6.07) is 0.884. The van der Waals surface area contributed by atoms with Crippen LogP contribution in [0.15, 0.2) is 0 Å². The van der Waals surface area contributed by atoms with Crippen molar-refractivity contribution < 1.29 is 0 Å². The molecule has 0 unspecified atom stereocenters. The minimum Gasteiger partial charge on any atom is -0.358 e. The molecule has 0 radical (unpaired) electrons. The molecule has 0 atom stereocenters. The van der Waals surface area contributed by atoms with Gasteiger partial charge in [0.1, 0.15) is 0 Å². The van der Waals surface area contributed by atoms with Crippen molar-refractivity contribution in [3.63, 3.8) is 0 Å². The zero-order valence-electron chi connectivity index (χ0n) is 10.5. The van der Waals surface area contributed by atoms with Gasteiger partial charge < -0.3 is 10.2 Å². The second-order valence-corrected chi connectivity index (χ2v) is 5.66. The standard InChI is InChI=1S/C11H24N2S/c1-8(2)13(9(3)4)10(14)12-11(5,6)7/h8-9H,1-7H3,(H,12,14). The van der Waals surface area contributed by atoms with Crippen LogP contribution in [0, 0.1) is 0 Å². The lowest BCUT2D eigenvalue weighted by Crippen LogP contribution is -2.52. The molecule has 0 heterocycles. The monoisotopic (exact) mass is 216 g/mol. The van der Waals surface area contributed by atoms with Crippen molar-refractivity contribution >= 4 is 17.3 Å². The van der Waals surface area contributed by atoms with Gasteiger partial charge in [-0.3, -0.25) is 0 Å². The molecule has 0 saturated heterocycles. The fourth-order valence-corrected chi connectivity index (χ4v) is 2.18. The van der Waals surface area contributed by atoms with Crippen LogP contribution in [-0.2, 0) is 0 Å². The number of nitrogens with zero attached hydrogens (tertiary/aromatic N) is 1. The first-order chi connectivity index (χ1) is 6.15. The van der Waals surface area contributed by atoms with Crippen LogP contribution >= 0.6 is 12.2 Å². The SMILES string of the molecule is CC(C)N(C(=S)NC(C)(C)C)C(C)C. The molecule has 0 fully saturated rings. The predicted molar refractivity (Wildman–Crippen MR) is 67.6 cm³/mol. The lowest BCUT2D eigenvalue weighted by molar-refractivity contribution is 0.280. The average molecular weight is 216 g/mol. The highest BCUT2D eigenvalue weighted by Crippen LogP contribution is 2.08. The molecule has 2 nitrogen and oxygen atoms in total. The summed E-state index contributed by atoms with van der Waals surface area (Å²) in [5.74, 6) is 0. The van der Waals surface area contributed by atoms with Crippen LogP contribution in [-0.4, -0.2) is 27.6 Å². The molecule has 14 heavy (non-hydrogen) atoms. The third-order valence-electron chi connectivity index (χ3n) is 1.83. The molecule has 0 aromatic rings. The fourth-order valence-electron chi connectivity index (χ4n) is 1.45. The van der Waals surface area contributed by atoms with Gasteiger partial charge in [0.15, 0.2) is 5.11 Å². The Hall–Kier alpha value is -0.310. The van der Waals surface area contributed by atoms with E-state index in [1.807, 2.05) is 0 Å². The highest BCUT2D eigenvalue weighted by Gasteiger charge is 2.20. The Labute approximate surface area is 94.1 Å². The lowest BCUT2D eigenvalue weighted by atomic mass is 10.1. The third-order valence-corrected chi connectivity index (χ3v) is 2.14. The van der Waals surface area contributed by atoms with Crippen LogP contribution in [0.5, 0.6) is 0 Å². The van der Waals surface area contributed by atoms with Crippen molar-refractivity contribution in [2.75, 3.05) is 0 Å². The van der Waals surface area contributed by atoms with Gasteiger partial charge in [-0.2, -0.15) is 0 Å². The van der Waals surface area contributed by atoms with Crippen molar-refractivity contribution in [2.24, 2.45) is 0 Å². The molecule has 0 rings (SSSR count). The van der Waals surface area contributed by atoms with Crippen molar-refractivity contribution in [3.05, 3.63) is 0 Å². The van der Waals surface area contributed by atoms with E-state index in [0.717, 1.165) is 5.11 Å². The van der Waals surface area contributed by atoms with Crippen LogP contribution in [0.2, 0.25) is 0 Å². The summed E-state index contributed by atoms with van der Waals surface area (Å²) < 4.78 is 0. The summed E-state index contributed by atoms with van der Waals surface area (Å²) in [4.78, 5) is 2.22. The smallest absolute Gasteiger partial charge is 0.169 e. The maximum Gasteiger partial charge on any atom is 0.169 e. The fraction of sp³-hybridized carbons (Fsp3) is 0.909.